The maximum atomic E-state index is 12.0. The fraction of sp³-hybridized carbons (Fsp3) is 0.588. The van der Waals surface area contributed by atoms with Gasteiger partial charge in [0.1, 0.15) is 0 Å². The molecule has 1 atom stereocenters. The van der Waals surface area contributed by atoms with E-state index in [9.17, 15) is 4.79 Å². The molecule has 3 heteroatoms. The number of carbonyl (C=O) groups excluding carboxylic acids is 1. The first-order chi connectivity index (χ1) is 9.72. The highest BCUT2D eigenvalue weighted by molar-refractivity contribution is 5.90. The van der Waals surface area contributed by atoms with Gasteiger partial charge in [0.15, 0.2) is 0 Å². The topological polar surface area (TPSA) is 55.1 Å². The van der Waals surface area contributed by atoms with Crippen LogP contribution in [0.1, 0.15) is 50.2 Å². The second kappa shape index (κ2) is 7.44. The van der Waals surface area contributed by atoms with Crippen molar-refractivity contribution in [3.8, 4) is 0 Å². The average molecular weight is 274 g/mol. The van der Waals surface area contributed by atoms with Crippen molar-refractivity contribution in [2.75, 3.05) is 11.9 Å². The van der Waals surface area contributed by atoms with E-state index in [4.69, 9.17) is 5.73 Å². The van der Waals surface area contributed by atoms with Crippen LogP contribution >= 0.6 is 0 Å². The highest BCUT2D eigenvalue weighted by Crippen LogP contribution is 2.25. The molecule has 20 heavy (non-hydrogen) atoms. The van der Waals surface area contributed by atoms with Gasteiger partial charge in [-0.3, -0.25) is 4.79 Å². The van der Waals surface area contributed by atoms with Gasteiger partial charge < -0.3 is 11.1 Å². The van der Waals surface area contributed by atoms with E-state index in [1.165, 1.54) is 24.0 Å². The number of nitrogens with one attached hydrogen (secondary N) is 1. The van der Waals surface area contributed by atoms with Crippen molar-refractivity contribution in [2.45, 2.75) is 51.9 Å². The Morgan fingerprint density at radius 3 is 2.85 bits per heavy atom. The van der Waals surface area contributed by atoms with Crippen LogP contribution in [0.5, 0.6) is 0 Å². The van der Waals surface area contributed by atoms with Gasteiger partial charge in [-0.05, 0) is 67.8 Å². The van der Waals surface area contributed by atoms with Crippen molar-refractivity contribution in [3.05, 3.63) is 29.3 Å². The van der Waals surface area contributed by atoms with Gasteiger partial charge in [0.25, 0.3) is 0 Å². The van der Waals surface area contributed by atoms with Gasteiger partial charge in [0, 0.05) is 12.1 Å². The third kappa shape index (κ3) is 4.07. The third-order valence-corrected chi connectivity index (χ3v) is 4.31. The van der Waals surface area contributed by atoms with Crippen LogP contribution in [0.25, 0.3) is 0 Å². The van der Waals surface area contributed by atoms with E-state index in [1.54, 1.807) is 0 Å². The Kier molecular flexibility index (Phi) is 5.60. The second-order valence-electron chi connectivity index (χ2n) is 5.78. The SMILES string of the molecule is CCC(CCN)CCC(=O)Nc1ccc2c(c1)CCC2. The molecule has 3 N–H and O–H groups in total. The molecule has 110 valence electrons. The number of benzene rings is 1. The molecule has 0 aliphatic heterocycles. The Morgan fingerprint density at radius 1 is 1.30 bits per heavy atom. The Balaban J connectivity index is 1.82. The predicted octanol–water partition coefficient (Wildman–Crippen LogP) is 3.27. The van der Waals surface area contributed by atoms with Crippen LogP contribution in [0.4, 0.5) is 5.69 Å². The second-order valence-corrected chi connectivity index (χ2v) is 5.78. The lowest BCUT2D eigenvalue weighted by molar-refractivity contribution is -0.116. The number of hydrogen-bond acceptors (Lipinski definition) is 2. The zero-order valence-corrected chi connectivity index (χ0v) is 12.5. The monoisotopic (exact) mass is 274 g/mol. The lowest BCUT2D eigenvalue weighted by Crippen LogP contribution is -2.15. The van der Waals surface area contributed by atoms with Crippen molar-refractivity contribution in [1.29, 1.82) is 0 Å². The van der Waals surface area contributed by atoms with Crippen LogP contribution < -0.4 is 11.1 Å². The third-order valence-electron chi connectivity index (χ3n) is 4.31. The minimum Gasteiger partial charge on any atom is -0.330 e. The smallest absolute Gasteiger partial charge is 0.224 e. The summed E-state index contributed by atoms with van der Waals surface area (Å²) < 4.78 is 0. The van der Waals surface area contributed by atoms with E-state index in [0.717, 1.165) is 31.4 Å². The highest BCUT2D eigenvalue weighted by Gasteiger charge is 2.13. The molecule has 0 heterocycles. The van der Waals surface area contributed by atoms with Crippen molar-refractivity contribution in [3.63, 3.8) is 0 Å². The lowest BCUT2D eigenvalue weighted by atomic mass is 9.96. The van der Waals surface area contributed by atoms with Crippen molar-refractivity contribution in [2.24, 2.45) is 11.7 Å². The van der Waals surface area contributed by atoms with E-state index >= 15 is 0 Å². The summed E-state index contributed by atoms with van der Waals surface area (Å²) in [7, 11) is 0. The summed E-state index contributed by atoms with van der Waals surface area (Å²) in [4.78, 5) is 12.0. The van der Waals surface area contributed by atoms with Crippen LogP contribution in [0.15, 0.2) is 18.2 Å². The van der Waals surface area contributed by atoms with Crippen LogP contribution in [-0.4, -0.2) is 12.5 Å². The Bertz CT molecular complexity index is 456. The molecule has 1 unspecified atom stereocenters. The van der Waals surface area contributed by atoms with E-state index in [0.29, 0.717) is 18.9 Å². The van der Waals surface area contributed by atoms with E-state index in [-0.39, 0.29) is 5.91 Å². The Hall–Kier alpha value is -1.35. The van der Waals surface area contributed by atoms with E-state index in [1.807, 2.05) is 6.07 Å². The standard InChI is InChI=1S/C17H26N2O/c1-2-13(10-11-18)6-9-17(20)19-16-8-7-14-4-3-5-15(14)12-16/h7-8,12-13H,2-6,9-11,18H2,1H3,(H,19,20). The molecular formula is C17H26N2O. The number of carbonyl (C=O) groups is 1. The fourth-order valence-electron chi connectivity index (χ4n) is 3.00. The molecule has 0 spiro atoms. The minimum absolute atomic E-state index is 0.124. The van der Waals surface area contributed by atoms with Gasteiger partial charge in [0.2, 0.25) is 5.91 Å². The number of fused-ring (bicyclic) bond motifs is 1. The summed E-state index contributed by atoms with van der Waals surface area (Å²) in [5.74, 6) is 0.698. The number of aryl methyl sites for hydroxylation is 2. The molecule has 0 fully saturated rings. The molecule has 1 aromatic rings. The number of anilines is 1. The quantitative estimate of drug-likeness (QED) is 0.801. The number of rotatable bonds is 7. The molecule has 0 bridgehead atoms. The number of nitrogens with two attached hydrogens (primary N) is 1. The molecule has 1 aliphatic carbocycles. The average Bonchev–Trinajstić information content (AvgIpc) is 2.91. The zero-order chi connectivity index (χ0) is 14.4. The Morgan fingerprint density at radius 2 is 2.10 bits per heavy atom. The van der Waals surface area contributed by atoms with E-state index < -0.39 is 0 Å². The first-order valence-electron chi connectivity index (χ1n) is 7.84. The molecular weight excluding hydrogens is 248 g/mol. The largest absolute Gasteiger partial charge is 0.330 e. The summed E-state index contributed by atoms with van der Waals surface area (Å²) in [5.41, 5.74) is 9.38. The van der Waals surface area contributed by atoms with Gasteiger partial charge >= 0.3 is 0 Å². The molecule has 2 rings (SSSR count). The first-order valence-corrected chi connectivity index (χ1v) is 7.84. The molecule has 1 amide bonds. The number of hydrogen-bond donors (Lipinski definition) is 2. The van der Waals surface area contributed by atoms with E-state index in [2.05, 4.69) is 24.4 Å². The summed E-state index contributed by atoms with van der Waals surface area (Å²) in [6, 6.07) is 6.32. The Labute approximate surface area is 121 Å². The van der Waals surface area contributed by atoms with Crippen molar-refractivity contribution < 1.29 is 4.79 Å². The zero-order valence-electron chi connectivity index (χ0n) is 12.5. The first kappa shape index (κ1) is 15.0. The molecule has 0 aromatic heterocycles. The van der Waals surface area contributed by atoms with Crippen molar-refractivity contribution >= 4 is 11.6 Å². The summed E-state index contributed by atoms with van der Waals surface area (Å²) >= 11 is 0. The summed E-state index contributed by atoms with van der Waals surface area (Å²) in [6.07, 6.45) is 7.21. The summed E-state index contributed by atoms with van der Waals surface area (Å²) in [6.45, 7) is 2.88. The molecule has 1 aliphatic rings. The summed E-state index contributed by atoms with van der Waals surface area (Å²) in [5, 5.41) is 3.02. The van der Waals surface area contributed by atoms with Crippen LogP contribution in [-0.2, 0) is 17.6 Å². The van der Waals surface area contributed by atoms with Crippen molar-refractivity contribution in [1.82, 2.24) is 0 Å². The fourth-order valence-corrected chi connectivity index (χ4v) is 3.00. The predicted molar refractivity (Wildman–Crippen MR) is 83.8 cm³/mol. The molecule has 0 radical (unpaired) electrons. The molecule has 0 saturated carbocycles. The van der Waals surface area contributed by atoms with Gasteiger partial charge in [-0.1, -0.05) is 19.4 Å². The molecule has 1 aromatic carbocycles. The van der Waals surface area contributed by atoms with Gasteiger partial charge in [-0.25, -0.2) is 0 Å². The molecule has 0 saturated heterocycles. The maximum Gasteiger partial charge on any atom is 0.224 e. The van der Waals surface area contributed by atoms with Crippen LogP contribution in [0.2, 0.25) is 0 Å². The number of amides is 1. The van der Waals surface area contributed by atoms with Gasteiger partial charge in [-0.2, -0.15) is 0 Å². The maximum absolute atomic E-state index is 12.0. The van der Waals surface area contributed by atoms with Crippen LogP contribution in [0, 0.1) is 5.92 Å². The van der Waals surface area contributed by atoms with Gasteiger partial charge in [-0.15, -0.1) is 0 Å². The normalized spacial score (nSPS) is 14.9. The van der Waals surface area contributed by atoms with Gasteiger partial charge in [0.05, 0.1) is 0 Å². The molecule has 3 nitrogen and oxygen atoms in total. The highest BCUT2D eigenvalue weighted by atomic mass is 16.1. The minimum atomic E-state index is 0.124. The lowest BCUT2D eigenvalue weighted by Gasteiger charge is -2.13. The van der Waals surface area contributed by atoms with Crippen LogP contribution in [0.3, 0.4) is 0 Å².